The number of urea groups is 1. The van der Waals surface area contributed by atoms with Crippen LogP contribution in [0.2, 0.25) is 0 Å². The maximum absolute atomic E-state index is 12.6. The number of nitrogens with zero attached hydrogens (tertiary/aromatic N) is 2. The number of amides is 2. The van der Waals surface area contributed by atoms with Gasteiger partial charge in [-0.25, -0.2) is 4.79 Å². The highest BCUT2D eigenvalue weighted by Gasteiger charge is 2.23. The third kappa shape index (κ3) is 8.59. The van der Waals surface area contributed by atoms with E-state index in [1.165, 1.54) is 5.56 Å². The SMILES string of the molecule is CC(C)CC(CNC(=O)NC(Cc1ccccc1)CN(C)C)N1CCOCC1. The lowest BCUT2D eigenvalue weighted by molar-refractivity contribution is 0.0129. The van der Waals surface area contributed by atoms with E-state index in [9.17, 15) is 4.79 Å². The van der Waals surface area contributed by atoms with Gasteiger partial charge < -0.3 is 20.3 Å². The van der Waals surface area contributed by atoms with Crippen molar-refractivity contribution >= 4 is 6.03 Å². The molecule has 2 N–H and O–H groups in total. The predicted octanol–water partition coefficient (Wildman–Crippen LogP) is 2.21. The summed E-state index contributed by atoms with van der Waals surface area (Å²) in [7, 11) is 4.07. The van der Waals surface area contributed by atoms with E-state index in [4.69, 9.17) is 4.74 Å². The molecule has 1 saturated heterocycles. The van der Waals surface area contributed by atoms with E-state index in [0.29, 0.717) is 18.5 Å². The van der Waals surface area contributed by atoms with E-state index in [-0.39, 0.29) is 12.1 Å². The Labute approximate surface area is 170 Å². The fraction of sp³-hybridized carbons (Fsp3) is 0.682. The Morgan fingerprint density at radius 2 is 1.86 bits per heavy atom. The van der Waals surface area contributed by atoms with E-state index in [0.717, 1.165) is 45.7 Å². The molecule has 0 saturated carbocycles. The average molecular weight is 391 g/mol. The van der Waals surface area contributed by atoms with Crippen molar-refractivity contribution in [2.45, 2.75) is 38.8 Å². The predicted molar refractivity (Wildman–Crippen MR) is 115 cm³/mol. The topological polar surface area (TPSA) is 56.8 Å². The highest BCUT2D eigenvalue weighted by Crippen LogP contribution is 2.13. The minimum Gasteiger partial charge on any atom is -0.379 e. The third-order valence-corrected chi connectivity index (χ3v) is 5.05. The summed E-state index contributed by atoms with van der Waals surface area (Å²) in [4.78, 5) is 17.2. The van der Waals surface area contributed by atoms with Crippen LogP contribution >= 0.6 is 0 Å². The molecule has 0 aliphatic carbocycles. The number of morpholine rings is 1. The van der Waals surface area contributed by atoms with E-state index in [2.05, 4.69) is 46.4 Å². The fourth-order valence-electron chi connectivity index (χ4n) is 3.80. The number of nitrogens with one attached hydrogen (secondary N) is 2. The maximum Gasteiger partial charge on any atom is 0.315 e. The Balaban J connectivity index is 1.88. The number of carbonyl (C=O) groups excluding carboxylic acids is 1. The summed E-state index contributed by atoms with van der Waals surface area (Å²) in [5, 5.41) is 6.30. The van der Waals surface area contributed by atoms with Gasteiger partial charge in [0.15, 0.2) is 0 Å². The van der Waals surface area contributed by atoms with Crippen LogP contribution < -0.4 is 10.6 Å². The monoisotopic (exact) mass is 390 g/mol. The fourth-order valence-corrected chi connectivity index (χ4v) is 3.80. The van der Waals surface area contributed by atoms with Gasteiger partial charge in [0, 0.05) is 38.3 Å². The van der Waals surface area contributed by atoms with Gasteiger partial charge in [-0.3, -0.25) is 4.90 Å². The Hall–Kier alpha value is -1.63. The smallest absolute Gasteiger partial charge is 0.315 e. The van der Waals surface area contributed by atoms with Gasteiger partial charge >= 0.3 is 6.03 Å². The van der Waals surface area contributed by atoms with Crippen LogP contribution in [0, 0.1) is 5.92 Å². The molecule has 6 nitrogen and oxygen atoms in total. The second-order valence-corrected chi connectivity index (χ2v) is 8.43. The first-order valence-corrected chi connectivity index (χ1v) is 10.5. The van der Waals surface area contributed by atoms with Crippen LogP contribution in [0.5, 0.6) is 0 Å². The van der Waals surface area contributed by atoms with Crippen LogP contribution in [-0.4, -0.2) is 81.4 Å². The number of rotatable bonds is 10. The molecule has 0 bridgehead atoms. The van der Waals surface area contributed by atoms with Crippen molar-refractivity contribution in [3.8, 4) is 0 Å². The van der Waals surface area contributed by atoms with Crippen molar-refractivity contribution in [3.05, 3.63) is 35.9 Å². The number of carbonyl (C=O) groups is 1. The van der Waals surface area contributed by atoms with Gasteiger partial charge in [-0.05, 0) is 38.4 Å². The Kier molecular flexibility index (Phi) is 9.75. The second-order valence-electron chi connectivity index (χ2n) is 8.43. The highest BCUT2D eigenvalue weighted by molar-refractivity contribution is 5.74. The lowest BCUT2D eigenvalue weighted by atomic mass is 10.0. The van der Waals surface area contributed by atoms with E-state index >= 15 is 0 Å². The average Bonchev–Trinajstić information content (AvgIpc) is 2.66. The lowest BCUT2D eigenvalue weighted by Crippen LogP contribution is -2.53. The number of hydrogen-bond acceptors (Lipinski definition) is 4. The summed E-state index contributed by atoms with van der Waals surface area (Å²) in [6.45, 7) is 9.40. The van der Waals surface area contributed by atoms with Gasteiger partial charge in [0.05, 0.1) is 13.2 Å². The molecule has 1 fully saturated rings. The Morgan fingerprint density at radius 1 is 1.18 bits per heavy atom. The molecule has 2 amide bonds. The van der Waals surface area contributed by atoms with Gasteiger partial charge in [-0.2, -0.15) is 0 Å². The number of hydrogen-bond donors (Lipinski definition) is 2. The molecule has 1 heterocycles. The maximum atomic E-state index is 12.6. The summed E-state index contributed by atoms with van der Waals surface area (Å²) < 4.78 is 5.48. The molecule has 1 aliphatic heterocycles. The molecular weight excluding hydrogens is 352 g/mol. The standard InChI is InChI=1S/C22H38N4O2/c1-18(2)14-21(26-10-12-28-13-11-26)16-23-22(27)24-20(17-25(3)4)15-19-8-6-5-7-9-19/h5-9,18,20-21H,10-17H2,1-4H3,(H2,23,24,27). The molecule has 0 aromatic heterocycles. The molecule has 0 radical (unpaired) electrons. The minimum absolute atomic E-state index is 0.0735. The van der Waals surface area contributed by atoms with Crippen LogP contribution in [0.1, 0.15) is 25.8 Å². The first-order chi connectivity index (χ1) is 13.4. The molecule has 2 unspecified atom stereocenters. The molecule has 0 spiro atoms. The normalized spacial score (nSPS) is 17.5. The quantitative estimate of drug-likeness (QED) is 0.643. The molecule has 1 aromatic rings. The van der Waals surface area contributed by atoms with Crippen molar-refractivity contribution in [2.24, 2.45) is 5.92 Å². The van der Waals surface area contributed by atoms with E-state index in [1.807, 2.05) is 32.3 Å². The van der Waals surface area contributed by atoms with E-state index < -0.39 is 0 Å². The molecule has 158 valence electrons. The van der Waals surface area contributed by atoms with Gasteiger partial charge in [0.1, 0.15) is 0 Å². The van der Waals surface area contributed by atoms with Crippen LogP contribution in [0.3, 0.4) is 0 Å². The second kappa shape index (κ2) is 12.0. The summed E-state index contributed by atoms with van der Waals surface area (Å²) in [6, 6.07) is 10.7. The minimum atomic E-state index is -0.0789. The lowest BCUT2D eigenvalue weighted by Gasteiger charge is -2.35. The highest BCUT2D eigenvalue weighted by atomic mass is 16.5. The van der Waals surface area contributed by atoms with Crippen LogP contribution in [0.15, 0.2) is 30.3 Å². The summed E-state index contributed by atoms with van der Waals surface area (Å²) >= 11 is 0. The van der Waals surface area contributed by atoms with Gasteiger partial charge in [0.25, 0.3) is 0 Å². The number of ether oxygens (including phenoxy) is 1. The van der Waals surface area contributed by atoms with Crippen molar-refractivity contribution in [1.82, 2.24) is 20.4 Å². The van der Waals surface area contributed by atoms with Crippen molar-refractivity contribution in [3.63, 3.8) is 0 Å². The summed E-state index contributed by atoms with van der Waals surface area (Å²) in [5.41, 5.74) is 1.24. The van der Waals surface area contributed by atoms with E-state index in [1.54, 1.807) is 0 Å². The van der Waals surface area contributed by atoms with Gasteiger partial charge in [-0.15, -0.1) is 0 Å². The first kappa shape index (κ1) is 22.7. The van der Waals surface area contributed by atoms with Crippen LogP contribution in [-0.2, 0) is 11.2 Å². The molecular formula is C22H38N4O2. The van der Waals surface area contributed by atoms with Gasteiger partial charge in [-0.1, -0.05) is 44.2 Å². The Bertz CT molecular complexity index is 559. The molecule has 1 aromatic carbocycles. The number of likely N-dealkylation sites (N-methyl/N-ethyl adjacent to an activating group) is 1. The molecule has 6 heteroatoms. The molecule has 2 atom stereocenters. The zero-order valence-corrected chi connectivity index (χ0v) is 18.0. The largest absolute Gasteiger partial charge is 0.379 e. The van der Waals surface area contributed by atoms with Crippen molar-refractivity contribution in [1.29, 1.82) is 0 Å². The zero-order chi connectivity index (χ0) is 20.4. The summed E-state index contributed by atoms with van der Waals surface area (Å²) in [6.07, 6.45) is 1.90. The number of benzene rings is 1. The first-order valence-electron chi connectivity index (χ1n) is 10.5. The molecule has 1 aliphatic rings. The molecule has 28 heavy (non-hydrogen) atoms. The molecule has 2 rings (SSSR count). The zero-order valence-electron chi connectivity index (χ0n) is 18.0. The summed E-state index contributed by atoms with van der Waals surface area (Å²) in [5.74, 6) is 0.595. The third-order valence-electron chi connectivity index (χ3n) is 5.05. The van der Waals surface area contributed by atoms with Crippen molar-refractivity contribution in [2.75, 3.05) is 53.5 Å². The van der Waals surface area contributed by atoms with Gasteiger partial charge in [0.2, 0.25) is 0 Å². The van der Waals surface area contributed by atoms with Crippen LogP contribution in [0.4, 0.5) is 4.79 Å². The Morgan fingerprint density at radius 3 is 2.46 bits per heavy atom. The van der Waals surface area contributed by atoms with Crippen LogP contribution in [0.25, 0.3) is 0 Å². The van der Waals surface area contributed by atoms with Crippen molar-refractivity contribution < 1.29 is 9.53 Å².